The van der Waals surface area contributed by atoms with E-state index in [1.807, 2.05) is 37.6 Å². The van der Waals surface area contributed by atoms with E-state index >= 15 is 0 Å². The molecule has 0 saturated carbocycles. The fourth-order valence-electron chi connectivity index (χ4n) is 2.20. The van der Waals surface area contributed by atoms with Crippen molar-refractivity contribution in [2.45, 2.75) is 13.8 Å². The molecule has 0 aliphatic rings. The number of benzene rings is 1. The minimum atomic E-state index is 0.243. The Labute approximate surface area is 100 Å². The van der Waals surface area contributed by atoms with E-state index in [0.29, 0.717) is 0 Å². The van der Waals surface area contributed by atoms with Crippen LogP contribution in [0, 0.1) is 13.8 Å². The first-order valence-electron chi connectivity index (χ1n) is 5.46. The van der Waals surface area contributed by atoms with Gasteiger partial charge in [0.1, 0.15) is 5.75 Å². The maximum absolute atomic E-state index is 11.0. The molecule has 0 saturated heterocycles. The number of hydrogen-bond acceptors (Lipinski definition) is 2. The number of aromatic nitrogens is 1. The number of aldehydes is 1. The predicted octanol–water partition coefficient (Wildman–Crippen LogP) is 2.83. The maximum atomic E-state index is 11.0. The molecule has 0 atom stereocenters. The molecule has 1 N–H and O–H groups in total. The van der Waals surface area contributed by atoms with E-state index in [2.05, 4.69) is 0 Å². The fraction of sp³-hybridized carbons (Fsp3) is 0.214. The van der Waals surface area contributed by atoms with Crippen molar-refractivity contribution in [3.63, 3.8) is 0 Å². The maximum Gasteiger partial charge on any atom is 0.152 e. The van der Waals surface area contributed by atoms with E-state index in [0.717, 1.165) is 34.4 Å². The van der Waals surface area contributed by atoms with Crippen LogP contribution in [0.25, 0.3) is 11.3 Å². The molecule has 1 heterocycles. The van der Waals surface area contributed by atoms with Gasteiger partial charge in [0.2, 0.25) is 0 Å². The summed E-state index contributed by atoms with van der Waals surface area (Å²) in [6, 6.07) is 7.01. The van der Waals surface area contributed by atoms with E-state index in [-0.39, 0.29) is 5.75 Å². The highest BCUT2D eigenvalue weighted by Gasteiger charge is 2.15. The number of phenolic OH excluding ortho intramolecular Hbond substituents is 1. The second kappa shape index (κ2) is 4.09. The van der Waals surface area contributed by atoms with Crippen LogP contribution in [-0.4, -0.2) is 16.0 Å². The van der Waals surface area contributed by atoms with Crippen molar-refractivity contribution >= 4 is 6.29 Å². The third-order valence-corrected chi connectivity index (χ3v) is 3.25. The highest BCUT2D eigenvalue weighted by Crippen LogP contribution is 2.30. The van der Waals surface area contributed by atoms with Crippen molar-refractivity contribution in [3.05, 3.63) is 41.1 Å². The number of carbonyl (C=O) groups excluding carboxylic acids is 1. The lowest BCUT2D eigenvalue weighted by molar-refractivity contribution is 0.112. The van der Waals surface area contributed by atoms with Gasteiger partial charge in [0.25, 0.3) is 0 Å². The highest BCUT2D eigenvalue weighted by atomic mass is 16.3. The predicted molar refractivity (Wildman–Crippen MR) is 67.4 cm³/mol. The van der Waals surface area contributed by atoms with Gasteiger partial charge in [-0.05, 0) is 49.2 Å². The largest absolute Gasteiger partial charge is 0.508 e. The summed E-state index contributed by atoms with van der Waals surface area (Å²) in [5.41, 5.74) is 4.70. The third-order valence-electron chi connectivity index (χ3n) is 3.25. The van der Waals surface area contributed by atoms with Crippen LogP contribution < -0.4 is 0 Å². The quantitative estimate of drug-likeness (QED) is 0.804. The Morgan fingerprint density at radius 3 is 2.24 bits per heavy atom. The summed E-state index contributed by atoms with van der Waals surface area (Å²) in [4.78, 5) is 11.0. The fourth-order valence-corrected chi connectivity index (χ4v) is 2.20. The molecule has 0 unspecified atom stereocenters. The van der Waals surface area contributed by atoms with Crippen LogP contribution in [0.1, 0.15) is 21.6 Å². The Bertz CT molecular complexity index is 565. The summed E-state index contributed by atoms with van der Waals surface area (Å²) in [5.74, 6) is 0.243. The highest BCUT2D eigenvalue weighted by molar-refractivity contribution is 5.84. The summed E-state index contributed by atoms with van der Waals surface area (Å²) < 4.78 is 2.01. The van der Waals surface area contributed by atoms with Crippen LogP contribution in [0.5, 0.6) is 5.75 Å². The van der Waals surface area contributed by atoms with Crippen LogP contribution in [-0.2, 0) is 7.05 Å². The molecule has 0 bridgehead atoms. The molecule has 0 radical (unpaired) electrons. The lowest BCUT2D eigenvalue weighted by Gasteiger charge is -2.06. The molecule has 88 valence electrons. The van der Waals surface area contributed by atoms with Gasteiger partial charge in [-0.15, -0.1) is 0 Å². The van der Waals surface area contributed by atoms with Crippen LogP contribution in [0.15, 0.2) is 24.3 Å². The normalized spacial score (nSPS) is 10.5. The molecule has 0 aliphatic heterocycles. The van der Waals surface area contributed by atoms with E-state index in [1.54, 1.807) is 12.1 Å². The molecule has 1 aromatic heterocycles. The Morgan fingerprint density at radius 2 is 1.76 bits per heavy atom. The first-order valence-corrected chi connectivity index (χ1v) is 5.46. The number of carbonyl (C=O) groups is 1. The van der Waals surface area contributed by atoms with Crippen LogP contribution in [0.3, 0.4) is 0 Å². The van der Waals surface area contributed by atoms with E-state index in [4.69, 9.17) is 0 Å². The first-order chi connectivity index (χ1) is 8.06. The molecular weight excluding hydrogens is 214 g/mol. The number of rotatable bonds is 2. The topological polar surface area (TPSA) is 42.2 Å². The van der Waals surface area contributed by atoms with E-state index < -0.39 is 0 Å². The molecule has 2 aromatic rings. The van der Waals surface area contributed by atoms with Crippen LogP contribution in [0.2, 0.25) is 0 Å². The second-order valence-electron chi connectivity index (χ2n) is 4.20. The van der Waals surface area contributed by atoms with Gasteiger partial charge in [0, 0.05) is 18.3 Å². The standard InChI is InChI=1S/C14H15NO2/c1-9-13(8-16)10(2)15(3)14(9)11-4-6-12(17)7-5-11/h4-8,17H,1-3H3. The van der Waals surface area contributed by atoms with Crippen LogP contribution >= 0.6 is 0 Å². The van der Waals surface area contributed by atoms with Crippen molar-refractivity contribution in [1.82, 2.24) is 4.57 Å². The molecular formula is C14H15NO2. The van der Waals surface area contributed by atoms with Gasteiger partial charge in [-0.2, -0.15) is 0 Å². The minimum absolute atomic E-state index is 0.243. The summed E-state index contributed by atoms with van der Waals surface area (Å²) >= 11 is 0. The zero-order chi connectivity index (χ0) is 12.6. The molecule has 0 amide bonds. The summed E-state index contributed by atoms with van der Waals surface area (Å²) in [5, 5.41) is 9.29. The Balaban J connectivity index is 2.67. The van der Waals surface area contributed by atoms with Crippen molar-refractivity contribution in [1.29, 1.82) is 0 Å². The Kier molecular flexibility index (Phi) is 2.76. The van der Waals surface area contributed by atoms with Crippen LogP contribution in [0.4, 0.5) is 0 Å². The number of aromatic hydroxyl groups is 1. The molecule has 1 aromatic carbocycles. The van der Waals surface area contributed by atoms with Crippen molar-refractivity contribution in [3.8, 4) is 17.0 Å². The first kappa shape index (κ1) is 11.5. The monoisotopic (exact) mass is 229 g/mol. The van der Waals surface area contributed by atoms with E-state index in [1.165, 1.54) is 0 Å². The smallest absolute Gasteiger partial charge is 0.152 e. The van der Waals surface area contributed by atoms with Gasteiger partial charge in [-0.1, -0.05) is 0 Å². The Hall–Kier alpha value is -2.03. The summed E-state index contributed by atoms with van der Waals surface area (Å²) in [6.07, 6.45) is 0.897. The molecule has 0 spiro atoms. The molecule has 0 aliphatic carbocycles. The van der Waals surface area contributed by atoms with Gasteiger partial charge < -0.3 is 9.67 Å². The Morgan fingerprint density at radius 1 is 1.18 bits per heavy atom. The zero-order valence-corrected chi connectivity index (χ0v) is 10.2. The molecule has 2 rings (SSSR count). The SMILES string of the molecule is Cc1c(C=O)c(C)n(C)c1-c1ccc(O)cc1. The molecule has 3 nitrogen and oxygen atoms in total. The molecule has 17 heavy (non-hydrogen) atoms. The minimum Gasteiger partial charge on any atom is -0.508 e. The number of hydrogen-bond donors (Lipinski definition) is 1. The zero-order valence-electron chi connectivity index (χ0n) is 10.2. The van der Waals surface area contributed by atoms with E-state index in [9.17, 15) is 9.90 Å². The summed E-state index contributed by atoms with van der Waals surface area (Å²) in [7, 11) is 1.94. The van der Waals surface area contributed by atoms with Crippen molar-refractivity contribution in [2.75, 3.05) is 0 Å². The molecule has 0 fully saturated rings. The lowest BCUT2D eigenvalue weighted by Crippen LogP contribution is -1.94. The van der Waals surface area contributed by atoms with Gasteiger partial charge in [-0.25, -0.2) is 0 Å². The van der Waals surface area contributed by atoms with Crippen molar-refractivity contribution in [2.24, 2.45) is 7.05 Å². The third kappa shape index (κ3) is 1.73. The average molecular weight is 229 g/mol. The number of phenols is 1. The van der Waals surface area contributed by atoms with Gasteiger partial charge in [0.15, 0.2) is 6.29 Å². The lowest BCUT2D eigenvalue weighted by atomic mass is 10.1. The van der Waals surface area contributed by atoms with Crippen molar-refractivity contribution < 1.29 is 9.90 Å². The number of nitrogens with zero attached hydrogens (tertiary/aromatic N) is 1. The van der Waals surface area contributed by atoms with Gasteiger partial charge >= 0.3 is 0 Å². The second-order valence-corrected chi connectivity index (χ2v) is 4.20. The average Bonchev–Trinajstić information content (AvgIpc) is 2.52. The molecule has 3 heteroatoms. The van der Waals surface area contributed by atoms with Gasteiger partial charge in [0.05, 0.1) is 5.69 Å². The van der Waals surface area contributed by atoms with Gasteiger partial charge in [-0.3, -0.25) is 4.79 Å². The summed E-state index contributed by atoms with van der Waals surface area (Å²) in [6.45, 7) is 3.87.